The smallest absolute Gasteiger partial charge is 0.344 e. The van der Waals surface area contributed by atoms with Crippen LogP contribution in [0.25, 0.3) is 0 Å². The van der Waals surface area contributed by atoms with Gasteiger partial charge in [0.25, 0.3) is 5.91 Å². The van der Waals surface area contributed by atoms with E-state index in [0.717, 1.165) is 0 Å². The van der Waals surface area contributed by atoms with Crippen LogP contribution in [0, 0.1) is 0 Å². The Balaban J connectivity index is 1.95. The minimum absolute atomic E-state index is 0.181. The van der Waals surface area contributed by atoms with Crippen LogP contribution < -0.4 is 25.4 Å². The second kappa shape index (κ2) is 11.4. The Bertz CT molecular complexity index is 1160. The number of halogens is 2. The Morgan fingerprint density at radius 2 is 1.91 bits per heavy atom. The molecule has 11 heteroatoms. The molecule has 0 aromatic heterocycles. The summed E-state index contributed by atoms with van der Waals surface area (Å²) in [7, 11) is 1.44. The minimum atomic E-state index is -0.651. The van der Waals surface area contributed by atoms with Crippen molar-refractivity contribution in [1.29, 1.82) is 0 Å². The Labute approximate surface area is 212 Å². The summed E-state index contributed by atoms with van der Waals surface area (Å²) in [5.74, 6) is -0.454. The molecule has 1 atom stereocenters. The fourth-order valence-electron chi connectivity index (χ4n) is 3.38. The standard InChI is InChI=1S/C23H23Cl2N3O5S/c1-4-32-18(29)11-33-21-15(25)9-13(10-17(21)31-3)20-19(12(2)26-23(34)28-20)22(30)27-16-8-6-5-7-14(16)24/h5-10,20H,4,11H2,1-3H3,(H,27,30)(H2,26,28,34)/t20-/m1/s1. The first-order valence-electron chi connectivity index (χ1n) is 10.2. The second-order valence-corrected chi connectivity index (χ2v) is 8.35. The van der Waals surface area contributed by atoms with Crippen molar-refractivity contribution in [2.75, 3.05) is 25.6 Å². The van der Waals surface area contributed by atoms with Gasteiger partial charge in [0.15, 0.2) is 23.2 Å². The van der Waals surface area contributed by atoms with Gasteiger partial charge >= 0.3 is 5.97 Å². The highest BCUT2D eigenvalue weighted by molar-refractivity contribution is 7.80. The molecule has 0 saturated carbocycles. The molecule has 34 heavy (non-hydrogen) atoms. The summed E-state index contributed by atoms with van der Waals surface area (Å²) in [6.07, 6.45) is 0. The van der Waals surface area contributed by atoms with Gasteiger partial charge in [0.1, 0.15) is 0 Å². The molecular formula is C23H23Cl2N3O5S. The molecule has 2 aromatic rings. The van der Waals surface area contributed by atoms with Crippen LogP contribution in [0.4, 0.5) is 5.69 Å². The molecule has 3 rings (SSSR count). The Hall–Kier alpha value is -3.01. The largest absolute Gasteiger partial charge is 0.493 e. The number of thiocarbonyl (C=S) groups is 1. The summed E-state index contributed by atoms with van der Waals surface area (Å²) in [5.41, 5.74) is 2.01. The van der Waals surface area contributed by atoms with Crippen molar-refractivity contribution in [2.24, 2.45) is 0 Å². The molecule has 0 radical (unpaired) electrons. The van der Waals surface area contributed by atoms with Gasteiger partial charge in [-0.15, -0.1) is 0 Å². The molecule has 8 nitrogen and oxygen atoms in total. The molecule has 1 heterocycles. The predicted octanol–water partition coefficient (Wildman–Crippen LogP) is 4.38. The van der Waals surface area contributed by atoms with Crippen molar-refractivity contribution in [3.63, 3.8) is 0 Å². The number of nitrogens with one attached hydrogen (secondary N) is 3. The number of para-hydroxylation sites is 1. The summed E-state index contributed by atoms with van der Waals surface area (Å²) < 4.78 is 15.8. The van der Waals surface area contributed by atoms with E-state index < -0.39 is 12.0 Å². The van der Waals surface area contributed by atoms with Gasteiger partial charge in [-0.2, -0.15) is 0 Å². The van der Waals surface area contributed by atoms with Gasteiger partial charge in [-0.25, -0.2) is 4.79 Å². The quantitative estimate of drug-likeness (QED) is 0.346. The van der Waals surface area contributed by atoms with Crippen LogP contribution in [-0.2, 0) is 14.3 Å². The number of methoxy groups -OCH3 is 1. The zero-order valence-electron chi connectivity index (χ0n) is 18.7. The van der Waals surface area contributed by atoms with E-state index in [1.807, 2.05) is 0 Å². The maximum Gasteiger partial charge on any atom is 0.344 e. The highest BCUT2D eigenvalue weighted by Gasteiger charge is 2.31. The molecule has 1 aliphatic heterocycles. The van der Waals surface area contributed by atoms with Crippen molar-refractivity contribution in [1.82, 2.24) is 10.6 Å². The normalized spacial score (nSPS) is 15.2. The average Bonchev–Trinajstić information content (AvgIpc) is 2.78. The summed E-state index contributed by atoms with van der Waals surface area (Å²) in [4.78, 5) is 25.0. The highest BCUT2D eigenvalue weighted by atomic mass is 35.5. The number of rotatable bonds is 8. The van der Waals surface area contributed by atoms with E-state index in [4.69, 9.17) is 49.6 Å². The maximum atomic E-state index is 13.3. The molecule has 0 fully saturated rings. The maximum absolute atomic E-state index is 13.3. The zero-order valence-corrected chi connectivity index (χ0v) is 21.0. The summed E-state index contributed by atoms with van der Waals surface area (Å²) in [6.45, 7) is 3.35. The molecule has 0 bridgehead atoms. The number of benzene rings is 2. The number of allylic oxidation sites excluding steroid dienone is 1. The fourth-order valence-corrected chi connectivity index (χ4v) is 4.10. The number of ether oxygens (including phenoxy) is 3. The third-order valence-electron chi connectivity index (χ3n) is 4.86. The van der Waals surface area contributed by atoms with Crippen molar-refractivity contribution in [3.8, 4) is 11.5 Å². The SMILES string of the molecule is CCOC(=O)COc1c(Cl)cc([C@H]2NC(=S)NC(C)=C2C(=O)Nc2ccccc2Cl)cc1OC. The number of amides is 1. The molecule has 0 spiro atoms. The lowest BCUT2D eigenvalue weighted by Crippen LogP contribution is -2.45. The number of hydrogen-bond donors (Lipinski definition) is 3. The van der Waals surface area contributed by atoms with E-state index in [-0.39, 0.29) is 35.6 Å². The Kier molecular flexibility index (Phi) is 8.60. The number of hydrogen-bond acceptors (Lipinski definition) is 6. The molecule has 1 aliphatic rings. The first-order chi connectivity index (χ1) is 16.2. The van der Waals surface area contributed by atoms with Crippen LogP contribution in [0.1, 0.15) is 25.5 Å². The van der Waals surface area contributed by atoms with Gasteiger partial charge in [0, 0.05) is 5.70 Å². The van der Waals surface area contributed by atoms with E-state index in [9.17, 15) is 9.59 Å². The molecule has 3 N–H and O–H groups in total. The first-order valence-corrected chi connectivity index (χ1v) is 11.4. The van der Waals surface area contributed by atoms with Gasteiger partial charge < -0.3 is 30.2 Å². The van der Waals surface area contributed by atoms with E-state index >= 15 is 0 Å². The lowest BCUT2D eigenvalue weighted by Gasteiger charge is -2.31. The molecule has 0 aliphatic carbocycles. The van der Waals surface area contributed by atoms with E-state index in [1.54, 1.807) is 50.2 Å². The molecule has 2 aromatic carbocycles. The van der Waals surface area contributed by atoms with Crippen LogP contribution in [0.15, 0.2) is 47.7 Å². The third kappa shape index (κ3) is 5.91. The van der Waals surface area contributed by atoms with E-state index in [1.165, 1.54) is 7.11 Å². The number of anilines is 1. The topological polar surface area (TPSA) is 97.9 Å². The number of carbonyl (C=O) groups is 2. The number of esters is 1. The van der Waals surface area contributed by atoms with Crippen LogP contribution in [0.3, 0.4) is 0 Å². The second-order valence-electron chi connectivity index (χ2n) is 7.13. The van der Waals surface area contributed by atoms with Crippen molar-refractivity contribution in [2.45, 2.75) is 19.9 Å². The van der Waals surface area contributed by atoms with Crippen molar-refractivity contribution >= 4 is 58.1 Å². The lowest BCUT2D eigenvalue weighted by atomic mass is 9.94. The molecular weight excluding hydrogens is 501 g/mol. The first kappa shape index (κ1) is 25.6. The van der Waals surface area contributed by atoms with Gasteiger partial charge in [-0.3, -0.25) is 4.79 Å². The van der Waals surface area contributed by atoms with Gasteiger partial charge in [-0.05, 0) is 55.9 Å². The van der Waals surface area contributed by atoms with Gasteiger partial charge in [0.2, 0.25) is 0 Å². The van der Waals surface area contributed by atoms with E-state index in [2.05, 4.69) is 16.0 Å². The molecule has 0 saturated heterocycles. The number of carbonyl (C=O) groups excluding carboxylic acids is 2. The predicted molar refractivity (Wildman–Crippen MR) is 135 cm³/mol. The van der Waals surface area contributed by atoms with Crippen molar-refractivity contribution < 1.29 is 23.8 Å². The van der Waals surface area contributed by atoms with Crippen molar-refractivity contribution in [3.05, 3.63) is 63.3 Å². The zero-order chi connectivity index (χ0) is 24.8. The average molecular weight is 524 g/mol. The molecule has 180 valence electrons. The monoisotopic (exact) mass is 523 g/mol. The minimum Gasteiger partial charge on any atom is -0.493 e. The Morgan fingerprint density at radius 3 is 2.59 bits per heavy atom. The lowest BCUT2D eigenvalue weighted by molar-refractivity contribution is -0.145. The highest BCUT2D eigenvalue weighted by Crippen LogP contribution is 2.40. The van der Waals surface area contributed by atoms with E-state index in [0.29, 0.717) is 32.7 Å². The Morgan fingerprint density at radius 1 is 1.18 bits per heavy atom. The third-order valence-corrected chi connectivity index (χ3v) is 5.69. The molecule has 1 amide bonds. The van der Waals surface area contributed by atoms with Gasteiger partial charge in [-0.1, -0.05) is 35.3 Å². The molecule has 0 unspecified atom stereocenters. The van der Waals surface area contributed by atoms with Gasteiger partial charge in [0.05, 0.1) is 41.1 Å². The van der Waals surface area contributed by atoms with Crippen LogP contribution in [0.5, 0.6) is 11.5 Å². The summed E-state index contributed by atoms with van der Waals surface area (Å²) in [5, 5.41) is 9.84. The van der Waals surface area contributed by atoms with Crippen LogP contribution >= 0.6 is 35.4 Å². The van der Waals surface area contributed by atoms with Crippen LogP contribution in [-0.4, -0.2) is 37.3 Å². The summed E-state index contributed by atoms with van der Waals surface area (Å²) >= 11 is 18.0. The van der Waals surface area contributed by atoms with Crippen LogP contribution in [0.2, 0.25) is 10.0 Å². The summed E-state index contributed by atoms with van der Waals surface area (Å²) in [6, 6.07) is 9.55. The fraction of sp³-hybridized carbons (Fsp3) is 0.261.